The number of aromatic nitrogens is 4. The highest BCUT2D eigenvalue weighted by molar-refractivity contribution is 7.09. The predicted molar refractivity (Wildman–Crippen MR) is 107 cm³/mol. The molecule has 6 nitrogen and oxygen atoms in total. The Balaban J connectivity index is 1.63. The van der Waals surface area contributed by atoms with Crippen LogP contribution < -0.4 is 5.32 Å². The Morgan fingerprint density at radius 2 is 1.89 bits per heavy atom. The number of para-hydroxylation sites is 1. The lowest BCUT2D eigenvalue weighted by atomic mass is 10.1. The van der Waals surface area contributed by atoms with E-state index in [1.54, 1.807) is 19.2 Å². The van der Waals surface area contributed by atoms with Crippen LogP contribution in [0.1, 0.15) is 11.4 Å². The van der Waals surface area contributed by atoms with Crippen molar-refractivity contribution in [3.8, 4) is 16.9 Å². The molecule has 0 bridgehead atoms. The predicted octanol–water partition coefficient (Wildman–Crippen LogP) is 4.29. The van der Waals surface area contributed by atoms with E-state index in [9.17, 15) is 4.39 Å². The normalized spacial score (nSPS) is 10.9. The maximum absolute atomic E-state index is 13.3. The third-order valence-corrected chi connectivity index (χ3v) is 4.81. The number of hydrogen-bond acceptors (Lipinski definition) is 6. The zero-order valence-corrected chi connectivity index (χ0v) is 16.0. The summed E-state index contributed by atoms with van der Waals surface area (Å²) >= 11 is 1.29. The van der Waals surface area contributed by atoms with E-state index in [1.807, 2.05) is 41.2 Å². The molecule has 0 aliphatic rings. The molecule has 1 N–H and O–H groups in total. The second-order valence-electron chi connectivity index (χ2n) is 6.09. The van der Waals surface area contributed by atoms with Gasteiger partial charge in [-0.1, -0.05) is 18.2 Å². The number of methoxy groups -OCH3 is 1. The Bertz CT molecular complexity index is 1050. The zero-order chi connectivity index (χ0) is 19.3. The number of nitrogens with one attached hydrogen (secondary N) is 1. The van der Waals surface area contributed by atoms with Crippen molar-refractivity contribution in [2.75, 3.05) is 12.4 Å². The molecule has 0 atom stereocenters. The highest BCUT2D eigenvalue weighted by atomic mass is 32.1. The number of hydrogen-bond donors (Lipinski definition) is 1. The van der Waals surface area contributed by atoms with Crippen LogP contribution in [-0.4, -0.2) is 26.2 Å². The summed E-state index contributed by atoms with van der Waals surface area (Å²) in [7, 11) is 1.61. The molecule has 2 aromatic carbocycles. The third kappa shape index (κ3) is 4.08. The zero-order valence-electron chi connectivity index (χ0n) is 15.2. The monoisotopic (exact) mass is 395 g/mol. The summed E-state index contributed by atoms with van der Waals surface area (Å²) in [5.74, 6) is 0.374. The fourth-order valence-corrected chi connectivity index (χ4v) is 3.36. The maximum Gasteiger partial charge on any atom is 0.202 e. The number of anilines is 1. The first-order chi connectivity index (χ1) is 13.7. The molecular weight excluding hydrogens is 377 g/mol. The lowest BCUT2D eigenvalue weighted by Gasteiger charge is -2.03. The summed E-state index contributed by atoms with van der Waals surface area (Å²) in [6.07, 6.45) is 1.97. The Labute approximate surface area is 165 Å². The van der Waals surface area contributed by atoms with E-state index in [2.05, 4.69) is 14.7 Å². The molecule has 0 saturated carbocycles. The molecular formula is C20H18FN5OS. The first kappa shape index (κ1) is 18.3. The lowest BCUT2D eigenvalue weighted by molar-refractivity contribution is 0.179. The van der Waals surface area contributed by atoms with Crippen LogP contribution >= 0.6 is 11.5 Å². The molecule has 0 saturated heterocycles. The van der Waals surface area contributed by atoms with Crippen LogP contribution in [0.4, 0.5) is 9.52 Å². The summed E-state index contributed by atoms with van der Waals surface area (Å²) in [5.41, 5.74) is 3.57. The smallest absolute Gasteiger partial charge is 0.202 e. The number of ether oxygens (including phenoxy) is 1. The molecule has 142 valence electrons. The summed E-state index contributed by atoms with van der Waals surface area (Å²) in [6.45, 7) is 0.895. The highest BCUT2D eigenvalue weighted by Gasteiger charge is 2.13. The Morgan fingerprint density at radius 3 is 2.64 bits per heavy atom. The van der Waals surface area contributed by atoms with Crippen LogP contribution in [0.25, 0.3) is 16.9 Å². The average molecular weight is 395 g/mol. The van der Waals surface area contributed by atoms with Gasteiger partial charge in [-0.25, -0.2) is 14.1 Å². The molecule has 0 amide bonds. The topological polar surface area (TPSA) is 64.9 Å². The molecule has 0 radical (unpaired) electrons. The Morgan fingerprint density at radius 1 is 1.11 bits per heavy atom. The van der Waals surface area contributed by atoms with Crippen LogP contribution in [0.3, 0.4) is 0 Å². The van der Waals surface area contributed by atoms with E-state index in [-0.39, 0.29) is 5.82 Å². The van der Waals surface area contributed by atoms with Crippen LogP contribution in [0, 0.1) is 5.82 Å². The quantitative estimate of drug-likeness (QED) is 0.506. The number of halogens is 1. The second-order valence-corrected chi connectivity index (χ2v) is 6.84. The minimum absolute atomic E-state index is 0.273. The fourth-order valence-electron chi connectivity index (χ4n) is 2.79. The van der Waals surface area contributed by atoms with E-state index in [1.165, 1.54) is 23.7 Å². The molecule has 28 heavy (non-hydrogen) atoms. The molecule has 2 aromatic heterocycles. The number of rotatable bonds is 7. The van der Waals surface area contributed by atoms with Gasteiger partial charge in [0.1, 0.15) is 12.4 Å². The summed E-state index contributed by atoms with van der Waals surface area (Å²) in [6, 6.07) is 16.2. The van der Waals surface area contributed by atoms with Gasteiger partial charge in [0.2, 0.25) is 5.13 Å². The molecule has 4 aromatic rings. The van der Waals surface area contributed by atoms with Crippen molar-refractivity contribution in [2.45, 2.75) is 13.2 Å². The average Bonchev–Trinajstić information content (AvgIpc) is 3.35. The summed E-state index contributed by atoms with van der Waals surface area (Å²) in [5, 5.41) is 8.73. The Kier molecular flexibility index (Phi) is 5.41. The van der Waals surface area contributed by atoms with Gasteiger partial charge in [-0.3, -0.25) is 0 Å². The molecule has 2 heterocycles. The lowest BCUT2D eigenvalue weighted by Crippen LogP contribution is -2.00. The van der Waals surface area contributed by atoms with Crippen LogP contribution in [-0.2, 0) is 17.9 Å². The first-order valence-electron chi connectivity index (χ1n) is 8.68. The van der Waals surface area contributed by atoms with E-state index >= 15 is 0 Å². The second kappa shape index (κ2) is 8.28. The van der Waals surface area contributed by atoms with Gasteiger partial charge in [-0.05, 0) is 36.4 Å². The molecule has 4 rings (SSSR count). The largest absolute Gasteiger partial charge is 0.377 e. The Hall–Kier alpha value is -3.10. The molecule has 0 fully saturated rings. The summed E-state index contributed by atoms with van der Waals surface area (Å²) in [4.78, 5) is 4.39. The molecule has 8 heteroatoms. The van der Waals surface area contributed by atoms with Gasteiger partial charge >= 0.3 is 0 Å². The maximum atomic E-state index is 13.3. The minimum Gasteiger partial charge on any atom is -0.377 e. The van der Waals surface area contributed by atoms with Gasteiger partial charge < -0.3 is 10.1 Å². The van der Waals surface area contributed by atoms with Gasteiger partial charge in [0, 0.05) is 42.5 Å². The highest BCUT2D eigenvalue weighted by Crippen LogP contribution is 2.25. The van der Waals surface area contributed by atoms with Gasteiger partial charge in [-0.2, -0.15) is 9.47 Å². The summed E-state index contributed by atoms with van der Waals surface area (Å²) < 4.78 is 24.5. The van der Waals surface area contributed by atoms with Crippen molar-refractivity contribution >= 4 is 16.7 Å². The SMILES string of the molecule is COCc1nsc(NCc2cn(-c3ccccc3)nc2-c2ccc(F)cc2)n1. The number of nitrogens with zero attached hydrogens (tertiary/aromatic N) is 4. The fraction of sp³-hybridized carbons (Fsp3) is 0.150. The standard InChI is InChI=1S/C20H18FN5OS/c1-27-13-18-23-20(28-25-18)22-11-15-12-26(17-5-3-2-4-6-17)24-19(15)14-7-9-16(21)10-8-14/h2-10,12H,11,13H2,1H3,(H,22,23,25). The van der Waals surface area contributed by atoms with Crippen molar-refractivity contribution in [3.05, 3.63) is 78.0 Å². The van der Waals surface area contributed by atoms with E-state index < -0.39 is 0 Å². The van der Waals surface area contributed by atoms with Crippen molar-refractivity contribution in [1.82, 2.24) is 19.1 Å². The van der Waals surface area contributed by atoms with Gasteiger partial charge in [0.15, 0.2) is 5.82 Å². The van der Waals surface area contributed by atoms with Crippen molar-refractivity contribution in [3.63, 3.8) is 0 Å². The van der Waals surface area contributed by atoms with Crippen LogP contribution in [0.2, 0.25) is 0 Å². The molecule has 0 aliphatic heterocycles. The van der Waals surface area contributed by atoms with Crippen molar-refractivity contribution < 1.29 is 9.13 Å². The molecule has 0 spiro atoms. The van der Waals surface area contributed by atoms with Crippen LogP contribution in [0.15, 0.2) is 60.8 Å². The molecule has 0 unspecified atom stereocenters. The van der Waals surface area contributed by atoms with E-state index in [0.717, 1.165) is 22.5 Å². The first-order valence-corrected chi connectivity index (χ1v) is 9.45. The van der Waals surface area contributed by atoms with Gasteiger partial charge in [-0.15, -0.1) is 0 Å². The van der Waals surface area contributed by atoms with E-state index in [0.29, 0.717) is 24.1 Å². The van der Waals surface area contributed by atoms with Gasteiger partial charge in [0.25, 0.3) is 0 Å². The van der Waals surface area contributed by atoms with Crippen molar-refractivity contribution in [2.24, 2.45) is 0 Å². The third-order valence-electron chi connectivity index (χ3n) is 4.10. The minimum atomic E-state index is -0.273. The van der Waals surface area contributed by atoms with Crippen molar-refractivity contribution in [1.29, 1.82) is 0 Å². The van der Waals surface area contributed by atoms with E-state index in [4.69, 9.17) is 9.84 Å². The van der Waals surface area contributed by atoms with Gasteiger partial charge in [0.05, 0.1) is 11.4 Å². The van der Waals surface area contributed by atoms with Crippen LogP contribution in [0.5, 0.6) is 0 Å². The number of benzene rings is 2. The molecule has 0 aliphatic carbocycles.